The van der Waals surface area contributed by atoms with Crippen LogP contribution in [0.4, 0.5) is 0 Å². The molecule has 0 bridgehead atoms. The molecule has 0 aromatic heterocycles. The van der Waals surface area contributed by atoms with Gasteiger partial charge < -0.3 is 4.90 Å². The Hall–Kier alpha value is -1.31. The summed E-state index contributed by atoms with van der Waals surface area (Å²) in [5.41, 5.74) is 2.12. The van der Waals surface area contributed by atoms with Crippen LogP contribution in [0.15, 0.2) is 24.3 Å². The number of benzene rings is 1. The van der Waals surface area contributed by atoms with Crippen LogP contribution in [-0.4, -0.2) is 16.8 Å². The lowest BCUT2D eigenvalue weighted by atomic mass is 10.1. The molecular formula is C13H15NO. The van der Waals surface area contributed by atoms with E-state index in [9.17, 15) is 4.79 Å². The van der Waals surface area contributed by atoms with Gasteiger partial charge in [0.05, 0.1) is 0 Å². The fourth-order valence-electron chi connectivity index (χ4n) is 2.79. The van der Waals surface area contributed by atoms with Gasteiger partial charge in [0.2, 0.25) is 0 Å². The fourth-order valence-corrected chi connectivity index (χ4v) is 2.79. The first-order chi connectivity index (χ1) is 7.36. The molecule has 1 fully saturated rings. The maximum absolute atomic E-state index is 12.1. The molecule has 15 heavy (non-hydrogen) atoms. The average Bonchev–Trinajstić information content (AvgIpc) is 2.87. The SMILES string of the molecule is O=C1c2ccccc2CN1C1CCCC1. The molecule has 78 valence electrons. The molecule has 3 rings (SSSR count). The van der Waals surface area contributed by atoms with Crippen LogP contribution in [0.5, 0.6) is 0 Å². The Kier molecular flexibility index (Phi) is 2.01. The van der Waals surface area contributed by atoms with E-state index in [1.54, 1.807) is 0 Å². The van der Waals surface area contributed by atoms with Crippen molar-refractivity contribution >= 4 is 5.91 Å². The standard InChI is InChI=1S/C13H15NO/c15-13-12-8-4-1-5-10(12)9-14(13)11-6-2-3-7-11/h1,4-5,8,11H,2-3,6-7,9H2. The Morgan fingerprint density at radius 3 is 2.60 bits per heavy atom. The minimum Gasteiger partial charge on any atom is -0.331 e. The topological polar surface area (TPSA) is 20.3 Å². The maximum Gasteiger partial charge on any atom is 0.254 e. The zero-order valence-corrected chi connectivity index (χ0v) is 8.78. The normalized spacial score (nSPS) is 21.1. The van der Waals surface area contributed by atoms with E-state index in [-0.39, 0.29) is 5.91 Å². The summed E-state index contributed by atoms with van der Waals surface area (Å²) in [6, 6.07) is 8.50. The Morgan fingerprint density at radius 2 is 1.87 bits per heavy atom. The molecule has 1 saturated carbocycles. The summed E-state index contributed by atoms with van der Waals surface area (Å²) >= 11 is 0. The molecule has 0 unspecified atom stereocenters. The monoisotopic (exact) mass is 201 g/mol. The summed E-state index contributed by atoms with van der Waals surface area (Å²) in [5, 5.41) is 0. The van der Waals surface area contributed by atoms with E-state index in [0.717, 1.165) is 12.1 Å². The highest BCUT2D eigenvalue weighted by Crippen LogP contribution is 2.31. The van der Waals surface area contributed by atoms with Gasteiger partial charge >= 0.3 is 0 Å². The van der Waals surface area contributed by atoms with Crippen molar-refractivity contribution in [3.8, 4) is 0 Å². The molecule has 0 N–H and O–H groups in total. The van der Waals surface area contributed by atoms with Gasteiger partial charge in [-0.1, -0.05) is 31.0 Å². The Balaban J connectivity index is 1.89. The quantitative estimate of drug-likeness (QED) is 0.684. The lowest BCUT2D eigenvalue weighted by molar-refractivity contribution is 0.0707. The second-order valence-electron chi connectivity index (χ2n) is 4.53. The van der Waals surface area contributed by atoms with Crippen molar-refractivity contribution in [3.05, 3.63) is 35.4 Å². The average molecular weight is 201 g/mol. The summed E-state index contributed by atoms with van der Waals surface area (Å²) in [6.45, 7) is 0.833. The third-order valence-corrected chi connectivity index (χ3v) is 3.61. The first kappa shape index (κ1) is 8.96. The van der Waals surface area contributed by atoms with Crippen LogP contribution in [0.2, 0.25) is 0 Å². The number of hydrogen-bond acceptors (Lipinski definition) is 1. The molecular weight excluding hydrogens is 186 g/mol. The smallest absolute Gasteiger partial charge is 0.254 e. The van der Waals surface area contributed by atoms with Gasteiger partial charge in [-0.3, -0.25) is 4.79 Å². The van der Waals surface area contributed by atoms with Crippen LogP contribution < -0.4 is 0 Å². The maximum atomic E-state index is 12.1. The zero-order chi connectivity index (χ0) is 10.3. The van der Waals surface area contributed by atoms with Gasteiger partial charge in [0.15, 0.2) is 0 Å². The minimum atomic E-state index is 0.248. The molecule has 1 heterocycles. The molecule has 1 aliphatic carbocycles. The molecule has 1 amide bonds. The van der Waals surface area contributed by atoms with Gasteiger partial charge in [-0.25, -0.2) is 0 Å². The summed E-state index contributed by atoms with van der Waals surface area (Å²) in [6.07, 6.45) is 4.95. The van der Waals surface area contributed by atoms with E-state index in [1.165, 1.54) is 31.2 Å². The van der Waals surface area contributed by atoms with E-state index < -0.39 is 0 Å². The number of carbonyl (C=O) groups excluding carboxylic acids is 1. The van der Waals surface area contributed by atoms with E-state index in [0.29, 0.717) is 6.04 Å². The van der Waals surface area contributed by atoms with E-state index in [4.69, 9.17) is 0 Å². The lowest BCUT2D eigenvalue weighted by Crippen LogP contribution is -2.33. The number of nitrogens with zero attached hydrogens (tertiary/aromatic N) is 1. The molecule has 0 radical (unpaired) electrons. The van der Waals surface area contributed by atoms with Crippen molar-refractivity contribution in [1.82, 2.24) is 4.90 Å². The van der Waals surface area contributed by atoms with Gasteiger partial charge in [0.25, 0.3) is 5.91 Å². The van der Waals surface area contributed by atoms with Crippen LogP contribution in [0.1, 0.15) is 41.6 Å². The number of rotatable bonds is 1. The molecule has 2 nitrogen and oxygen atoms in total. The Bertz CT molecular complexity index is 393. The molecule has 1 aliphatic heterocycles. The van der Waals surface area contributed by atoms with Crippen LogP contribution in [0.25, 0.3) is 0 Å². The largest absolute Gasteiger partial charge is 0.331 e. The van der Waals surface area contributed by atoms with Gasteiger partial charge in [-0.2, -0.15) is 0 Å². The van der Waals surface area contributed by atoms with E-state index in [2.05, 4.69) is 11.0 Å². The minimum absolute atomic E-state index is 0.248. The third-order valence-electron chi connectivity index (χ3n) is 3.61. The second kappa shape index (κ2) is 3.37. The fraction of sp³-hybridized carbons (Fsp3) is 0.462. The predicted octanol–water partition coefficient (Wildman–Crippen LogP) is 2.59. The van der Waals surface area contributed by atoms with Crippen molar-refractivity contribution in [3.63, 3.8) is 0 Å². The molecule has 2 heteroatoms. The van der Waals surface area contributed by atoms with E-state index >= 15 is 0 Å². The third kappa shape index (κ3) is 1.36. The highest BCUT2D eigenvalue weighted by Gasteiger charge is 2.33. The summed E-state index contributed by atoms with van der Waals surface area (Å²) < 4.78 is 0. The summed E-state index contributed by atoms with van der Waals surface area (Å²) in [7, 11) is 0. The van der Waals surface area contributed by atoms with Gasteiger partial charge in [0, 0.05) is 18.2 Å². The van der Waals surface area contributed by atoms with Crippen molar-refractivity contribution in [2.75, 3.05) is 0 Å². The van der Waals surface area contributed by atoms with Gasteiger partial charge in [0.1, 0.15) is 0 Å². The molecule has 1 aromatic carbocycles. The van der Waals surface area contributed by atoms with Crippen LogP contribution in [0.3, 0.4) is 0 Å². The van der Waals surface area contributed by atoms with Gasteiger partial charge in [-0.15, -0.1) is 0 Å². The number of carbonyl (C=O) groups is 1. The number of hydrogen-bond donors (Lipinski definition) is 0. The molecule has 0 saturated heterocycles. The van der Waals surface area contributed by atoms with Crippen LogP contribution in [0, 0.1) is 0 Å². The van der Waals surface area contributed by atoms with Crippen molar-refractivity contribution < 1.29 is 4.79 Å². The zero-order valence-electron chi connectivity index (χ0n) is 8.78. The van der Waals surface area contributed by atoms with Crippen LogP contribution >= 0.6 is 0 Å². The number of amides is 1. The molecule has 0 atom stereocenters. The Morgan fingerprint density at radius 1 is 1.13 bits per heavy atom. The first-order valence-corrected chi connectivity index (χ1v) is 5.75. The highest BCUT2D eigenvalue weighted by atomic mass is 16.2. The molecule has 1 aromatic rings. The van der Waals surface area contributed by atoms with Crippen LogP contribution in [-0.2, 0) is 6.54 Å². The Labute approximate surface area is 89.9 Å². The van der Waals surface area contributed by atoms with Crippen molar-refractivity contribution in [2.45, 2.75) is 38.3 Å². The van der Waals surface area contributed by atoms with Crippen molar-refractivity contribution in [2.24, 2.45) is 0 Å². The summed E-state index contributed by atoms with van der Waals surface area (Å²) in [4.78, 5) is 14.2. The van der Waals surface area contributed by atoms with E-state index in [1.807, 2.05) is 18.2 Å². The van der Waals surface area contributed by atoms with Gasteiger partial charge in [-0.05, 0) is 24.5 Å². The lowest BCUT2D eigenvalue weighted by Gasteiger charge is -2.23. The molecule has 0 spiro atoms. The summed E-state index contributed by atoms with van der Waals surface area (Å²) in [5.74, 6) is 0.248. The predicted molar refractivity (Wildman–Crippen MR) is 58.6 cm³/mol. The number of fused-ring (bicyclic) bond motifs is 1. The first-order valence-electron chi connectivity index (χ1n) is 5.75. The highest BCUT2D eigenvalue weighted by molar-refractivity contribution is 5.98. The second-order valence-corrected chi connectivity index (χ2v) is 4.53. The molecule has 2 aliphatic rings. The van der Waals surface area contributed by atoms with Crippen molar-refractivity contribution in [1.29, 1.82) is 0 Å².